The van der Waals surface area contributed by atoms with Gasteiger partial charge in [-0.3, -0.25) is 9.59 Å². The van der Waals surface area contributed by atoms with E-state index in [1.54, 1.807) is 30.3 Å². The lowest BCUT2D eigenvalue weighted by atomic mass is 10.1. The van der Waals surface area contributed by atoms with Crippen LogP contribution < -0.4 is 9.47 Å². The summed E-state index contributed by atoms with van der Waals surface area (Å²) in [5.41, 5.74) is 0.901. The van der Waals surface area contributed by atoms with Crippen molar-refractivity contribution in [3.05, 3.63) is 58.1 Å². The molecule has 0 aliphatic heterocycles. The van der Waals surface area contributed by atoms with Gasteiger partial charge in [0.2, 0.25) is 5.78 Å². The van der Waals surface area contributed by atoms with Gasteiger partial charge in [0.25, 0.3) is 0 Å². The summed E-state index contributed by atoms with van der Waals surface area (Å²) in [4.78, 5) is 35.2. The van der Waals surface area contributed by atoms with Gasteiger partial charge in [-0.2, -0.15) is 0 Å². The summed E-state index contributed by atoms with van der Waals surface area (Å²) >= 11 is 3.27. The summed E-state index contributed by atoms with van der Waals surface area (Å²) in [5, 5.41) is 0. The molecule has 2 aromatic rings. The van der Waals surface area contributed by atoms with E-state index in [2.05, 4.69) is 15.9 Å². The molecular weight excluding hydrogens is 404 g/mol. The van der Waals surface area contributed by atoms with Gasteiger partial charge < -0.3 is 14.2 Å². The van der Waals surface area contributed by atoms with Crippen molar-refractivity contribution in [2.75, 3.05) is 20.3 Å². The van der Waals surface area contributed by atoms with Gasteiger partial charge in [0.1, 0.15) is 0 Å². The average Bonchev–Trinajstić information content (AvgIpc) is 2.64. The lowest BCUT2D eigenvalue weighted by molar-refractivity contribution is -0.144. The van der Waals surface area contributed by atoms with E-state index in [9.17, 15) is 14.4 Å². The summed E-state index contributed by atoms with van der Waals surface area (Å²) in [6, 6.07) is 11.5. The fourth-order valence-corrected chi connectivity index (χ4v) is 2.60. The van der Waals surface area contributed by atoms with Crippen LogP contribution in [0.25, 0.3) is 0 Å². The Morgan fingerprint density at radius 1 is 1.00 bits per heavy atom. The van der Waals surface area contributed by atoms with Crippen LogP contribution in [0.4, 0.5) is 0 Å². The van der Waals surface area contributed by atoms with Gasteiger partial charge in [-0.25, -0.2) is 4.79 Å². The molecule has 0 aliphatic carbocycles. The van der Waals surface area contributed by atoms with Gasteiger partial charge in [-0.05, 0) is 31.2 Å². The van der Waals surface area contributed by atoms with Crippen molar-refractivity contribution in [1.82, 2.24) is 0 Å². The highest BCUT2D eigenvalue weighted by Crippen LogP contribution is 2.28. The van der Waals surface area contributed by atoms with E-state index in [1.165, 1.54) is 26.2 Å². The molecule has 136 valence electrons. The van der Waals surface area contributed by atoms with Crippen LogP contribution in [0.5, 0.6) is 11.5 Å². The van der Waals surface area contributed by atoms with E-state index in [1.807, 2.05) is 0 Å². The molecule has 0 radical (unpaired) electrons. The van der Waals surface area contributed by atoms with Crippen LogP contribution in [0.1, 0.15) is 27.6 Å². The van der Waals surface area contributed by atoms with Crippen molar-refractivity contribution < 1.29 is 28.6 Å². The van der Waals surface area contributed by atoms with Gasteiger partial charge in [0.05, 0.1) is 7.11 Å². The van der Waals surface area contributed by atoms with E-state index in [0.717, 1.165) is 0 Å². The van der Waals surface area contributed by atoms with Crippen molar-refractivity contribution >= 4 is 33.5 Å². The summed E-state index contributed by atoms with van der Waals surface area (Å²) in [5.74, 6) is -0.501. The number of hydrogen-bond donors (Lipinski definition) is 0. The molecule has 0 atom stereocenters. The molecule has 26 heavy (non-hydrogen) atoms. The predicted octanol–water partition coefficient (Wildman–Crippen LogP) is 3.47. The third-order valence-corrected chi connectivity index (χ3v) is 4.15. The minimum Gasteiger partial charge on any atom is -0.493 e. The first kappa shape index (κ1) is 19.7. The van der Waals surface area contributed by atoms with Gasteiger partial charge in [0.15, 0.2) is 30.5 Å². The number of hydrogen-bond acceptors (Lipinski definition) is 6. The second-order valence-corrected chi connectivity index (χ2v) is 6.13. The zero-order chi connectivity index (χ0) is 19.1. The van der Waals surface area contributed by atoms with Crippen LogP contribution in [0, 0.1) is 0 Å². The van der Waals surface area contributed by atoms with Crippen molar-refractivity contribution in [3.63, 3.8) is 0 Å². The third kappa shape index (κ3) is 5.16. The van der Waals surface area contributed by atoms with Crippen LogP contribution >= 0.6 is 15.9 Å². The molecule has 0 amide bonds. The first-order valence-electron chi connectivity index (χ1n) is 7.67. The fourth-order valence-electron chi connectivity index (χ4n) is 2.10. The fraction of sp³-hybridized carbons (Fsp3) is 0.211. The smallest absolute Gasteiger partial charge is 0.344 e. The molecule has 0 fully saturated rings. The van der Waals surface area contributed by atoms with E-state index in [-0.39, 0.29) is 24.8 Å². The number of benzene rings is 2. The molecule has 0 unspecified atom stereocenters. The van der Waals surface area contributed by atoms with Crippen LogP contribution in [0.3, 0.4) is 0 Å². The monoisotopic (exact) mass is 420 g/mol. The summed E-state index contributed by atoms with van der Waals surface area (Å²) < 4.78 is 16.1. The highest BCUT2D eigenvalue weighted by atomic mass is 79.9. The Bertz CT molecular complexity index is 831. The minimum absolute atomic E-state index is 0.111. The standard InChI is InChI=1S/C19H17BrO6/c1-12(21)13-7-8-17(18(9-13)24-2)25-11-19(23)26-10-16(22)14-5-3-4-6-15(14)20/h3-9H,10-11H2,1-2H3. The second kappa shape index (κ2) is 9.15. The highest BCUT2D eigenvalue weighted by Gasteiger charge is 2.14. The lowest BCUT2D eigenvalue weighted by Crippen LogP contribution is -2.20. The molecule has 2 aromatic carbocycles. The zero-order valence-corrected chi connectivity index (χ0v) is 15.9. The second-order valence-electron chi connectivity index (χ2n) is 5.27. The molecule has 2 rings (SSSR count). The van der Waals surface area contributed by atoms with E-state index in [4.69, 9.17) is 14.2 Å². The molecular formula is C19H17BrO6. The van der Waals surface area contributed by atoms with Crippen molar-refractivity contribution in [2.24, 2.45) is 0 Å². The van der Waals surface area contributed by atoms with Crippen LogP contribution in [0.15, 0.2) is 46.9 Å². The molecule has 0 heterocycles. The van der Waals surface area contributed by atoms with Crippen LogP contribution in [0.2, 0.25) is 0 Å². The van der Waals surface area contributed by atoms with Crippen molar-refractivity contribution in [2.45, 2.75) is 6.92 Å². The molecule has 6 nitrogen and oxygen atoms in total. The molecule has 0 aromatic heterocycles. The Morgan fingerprint density at radius 2 is 1.73 bits per heavy atom. The molecule has 0 saturated heterocycles. The van der Waals surface area contributed by atoms with Gasteiger partial charge in [0, 0.05) is 15.6 Å². The topological polar surface area (TPSA) is 78.9 Å². The predicted molar refractivity (Wildman–Crippen MR) is 97.9 cm³/mol. The van der Waals surface area contributed by atoms with E-state index >= 15 is 0 Å². The Hall–Kier alpha value is -2.67. The van der Waals surface area contributed by atoms with E-state index in [0.29, 0.717) is 27.1 Å². The normalized spacial score (nSPS) is 10.1. The Balaban J connectivity index is 1.90. The number of methoxy groups -OCH3 is 1. The average molecular weight is 421 g/mol. The first-order chi connectivity index (χ1) is 12.4. The summed E-state index contributed by atoms with van der Waals surface area (Å²) in [6.07, 6.45) is 0. The molecule has 0 aliphatic rings. The number of carbonyl (C=O) groups excluding carboxylic acids is 3. The zero-order valence-electron chi connectivity index (χ0n) is 14.3. The Kier molecular flexibility index (Phi) is 6.91. The Labute approximate surface area is 159 Å². The quantitative estimate of drug-likeness (QED) is 0.480. The van der Waals surface area contributed by atoms with Gasteiger partial charge in [-0.15, -0.1) is 0 Å². The maximum absolute atomic E-state index is 12.0. The maximum atomic E-state index is 12.0. The Morgan fingerprint density at radius 3 is 2.38 bits per heavy atom. The number of Topliss-reactive ketones (excluding diaryl/α,β-unsaturated/α-hetero) is 2. The number of carbonyl (C=O) groups is 3. The van der Waals surface area contributed by atoms with Crippen LogP contribution in [-0.2, 0) is 9.53 Å². The molecule has 0 spiro atoms. The first-order valence-corrected chi connectivity index (χ1v) is 8.46. The molecule has 7 heteroatoms. The number of halogens is 1. The van der Waals surface area contributed by atoms with Crippen molar-refractivity contribution in [1.29, 1.82) is 0 Å². The summed E-state index contributed by atoms with van der Waals surface area (Å²) in [7, 11) is 1.43. The van der Waals surface area contributed by atoms with E-state index < -0.39 is 5.97 Å². The van der Waals surface area contributed by atoms with Crippen LogP contribution in [-0.4, -0.2) is 37.9 Å². The molecule has 0 saturated carbocycles. The summed E-state index contributed by atoms with van der Waals surface area (Å²) in [6.45, 7) is 0.666. The molecule has 0 bridgehead atoms. The number of esters is 1. The maximum Gasteiger partial charge on any atom is 0.344 e. The number of ether oxygens (including phenoxy) is 3. The lowest BCUT2D eigenvalue weighted by Gasteiger charge is -2.11. The van der Waals surface area contributed by atoms with Gasteiger partial charge in [-0.1, -0.05) is 34.1 Å². The minimum atomic E-state index is -0.692. The molecule has 0 N–H and O–H groups in total. The largest absolute Gasteiger partial charge is 0.493 e. The number of ketones is 2. The SMILES string of the molecule is COc1cc(C(C)=O)ccc1OCC(=O)OCC(=O)c1ccccc1Br. The highest BCUT2D eigenvalue weighted by molar-refractivity contribution is 9.10. The van der Waals surface area contributed by atoms with Crippen molar-refractivity contribution in [3.8, 4) is 11.5 Å². The number of rotatable bonds is 8. The third-order valence-electron chi connectivity index (χ3n) is 3.45. The van der Waals surface area contributed by atoms with Gasteiger partial charge >= 0.3 is 5.97 Å².